The maximum absolute atomic E-state index is 14.4. The lowest BCUT2D eigenvalue weighted by molar-refractivity contribution is -0.128. The Bertz CT molecular complexity index is 1030. The number of nitrogens with zero attached hydrogens (tertiary/aromatic N) is 3. The molecule has 2 N–H and O–H groups in total. The summed E-state index contributed by atoms with van der Waals surface area (Å²) < 4.78 is 20.3. The van der Waals surface area contributed by atoms with Crippen LogP contribution in [-0.4, -0.2) is 65.2 Å². The molecular formula is C24H28ClFN4O4. The number of para-hydroxylation sites is 1. The molecule has 0 aliphatic carbocycles. The standard InChI is InChI=1S/C24H28ClFN4O4/c1-3-29(16-32)22-21(23(33)28(2)13-6-14-31)30(15-17-9-11-18(25)12-10-17)24(27-22)34-20-8-5-4-7-19(20)26/h4-5,7-12,16,24,27,31H,3,6,13-15H2,1-2H3. The number of amides is 2. The molecule has 1 aliphatic heterocycles. The summed E-state index contributed by atoms with van der Waals surface area (Å²) in [6.45, 7) is 2.54. The summed E-state index contributed by atoms with van der Waals surface area (Å²) in [7, 11) is 1.62. The molecule has 1 aliphatic rings. The van der Waals surface area contributed by atoms with Crippen molar-refractivity contribution in [2.45, 2.75) is 26.2 Å². The zero-order valence-electron chi connectivity index (χ0n) is 19.1. The highest BCUT2D eigenvalue weighted by Crippen LogP contribution is 2.29. The fraction of sp³-hybridized carbons (Fsp3) is 0.333. The minimum atomic E-state index is -0.971. The molecule has 0 aromatic heterocycles. The van der Waals surface area contributed by atoms with E-state index < -0.39 is 12.2 Å². The quantitative estimate of drug-likeness (QED) is 0.471. The Morgan fingerprint density at radius 1 is 1.26 bits per heavy atom. The van der Waals surface area contributed by atoms with Crippen LogP contribution in [0.4, 0.5) is 4.39 Å². The van der Waals surface area contributed by atoms with Crippen LogP contribution in [0.1, 0.15) is 18.9 Å². The smallest absolute Gasteiger partial charge is 0.273 e. The molecule has 0 bridgehead atoms. The van der Waals surface area contributed by atoms with Crippen LogP contribution >= 0.6 is 11.6 Å². The molecule has 2 amide bonds. The van der Waals surface area contributed by atoms with Crippen LogP contribution < -0.4 is 10.1 Å². The van der Waals surface area contributed by atoms with Crippen LogP contribution in [0.25, 0.3) is 0 Å². The topological polar surface area (TPSA) is 85.4 Å². The molecule has 1 unspecified atom stereocenters. The monoisotopic (exact) mass is 490 g/mol. The first kappa shape index (κ1) is 25.3. The summed E-state index contributed by atoms with van der Waals surface area (Å²) in [5, 5.41) is 12.8. The Hall–Kier alpha value is -3.30. The van der Waals surface area contributed by atoms with Crippen LogP contribution in [0.2, 0.25) is 5.02 Å². The normalized spacial score (nSPS) is 15.2. The molecule has 182 valence electrons. The van der Waals surface area contributed by atoms with Crippen molar-refractivity contribution in [2.75, 3.05) is 26.7 Å². The minimum absolute atomic E-state index is 0.00283. The molecule has 0 fully saturated rings. The van der Waals surface area contributed by atoms with Crippen LogP contribution in [0.3, 0.4) is 0 Å². The van der Waals surface area contributed by atoms with Gasteiger partial charge in [0.1, 0.15) is 11.5 Å². The highest BCUT2D eigenvalue weighted by Gasteiger charge is 2.40. The Morgan fingerprint density at radius 3 is 2.59 bits per heavy atom. The summed E-state index contributed by atoms with van der Waals surface area (Å²) in [6.07, 6.45) is 0.0483. The van der Waals surface area contributed by atoms with Gasteiger partial charge in [-0.2, -0.15) is 0 Å². The second kappa shape index (κ2) is 11.7. The van der Waals surface area contributed by atoms with Crippen molar-refractivity contribution in [1.29, 1.82) is 0 Å². The third-order valence-corrected chi connectivity index (χ3v) is 5.60. The number of likely N-dealkylation sites (N-methyl/N-ethyl adjacent to an activating group) is 1. The Labute approximate surface area is 203 Å². The maximum Gasteiger partial charge on any atom is 0.273 e. The van der Waals surface area contributed by atoms with Crippen molar-refractivity contribution in [3.8, 4) is 5.75 Å². The van der Waals surface area contributed by atoms with E-state index in [0.717, 1.165) is 5.56 Å². The summed E-state index contributed by atoms with van der Waals surface area (Å²) in [6, 6.07) is 13.1. The molecule has 0 radical (unpaired) electrons. The van der Waals surface area contributed by atoms with Gasteiger partial charge in [0, 0.05) is 38.3 Å². The van der Waals surface area contributed by atoms with Gasteiger partial charge in [0.2, 0.25) is 6.41 Å². The van der Waals surface area contributed by atoms with E-state index in [1.54, 1.807) is 43.1 Å². The second-order valence-electron chi connectivity index (χ2n) is 7.69. The third kappa shape index (κ3) is 5.78. The number of hydrogen-bond acceptors (Lipinski definition) is 6. The van der Waals surface area contributed by atoms with Gasteiger partial charge in [-0.05, 0) is 43.2 Å². The number of carbonyl (C=O) groups is 2. The number of rotatable bonds is 11. The number of hydrogen-bond donors (Lipinski definition) is 2. The third-order valence-electron chi connectivity index (χ3n) is 5.35. The number of carbonyl (C=O) groups excluding carboxylic acids is 2. The molecule has 1 atom stereocenters. The first-order chi connectivity index (χ1) is 16.4. The second-order valence-corrected chi connectivity index (χ2v) is 8.13. The van der Waals surface area contributed by atoms with Gasteiger partial charge in [0.15, 0.2) is 11.6 Å². The van der Waals surface area contributed by atoms with Gasteiger partial charge in [-0.1, -0.05) is 35.9 Å². The lowest BCUT2D eigenvalue weighted by Gasteiger charge is -2.30. The minimum Gasteiger partial charge on any atom is -0.449 e. The zero-order valence-corrected chi connectivity index (χ0v) is 19.8. The first-order valence-corrected chi connectivity index (χ1v) is 11.3. The lowest BCUT2D eigenvalue weighted by atomic mass is 10.2. The summed E-state index contributed by atoms with van der Waals surface area (Å²) in [4.78, 5) is 29.8. The Balaban J connectivity index is 2.04. The number of aliphatic hydroxyl groups excluding tert-OH is 1. The number of aliphatic hydroxyl groups is 1. The van der Waals surface area contributed by atoms with Crippen molar-refractivity contribution in [3.05, 3.63) is 76.5 Å². The maximum atomic E-state index is 14.4. The molecule has 3 rings (SSSR count). The van der Waals surface area contributed by atoms with Crippen LogP contribution in [0.15, 0.2) is 60.0 Å². The summed E-state index contributed by atoms with van der Waals surface area (Å²) in [5.41, 5.74) is 1.03. The van der Waals surface area contributed by atoms with Crippen LogP contribution in [-0.2, 0) is 16.1 Å². The lowest BCUT2D eigenvalue weighted by Crippen LogP contribution is -2.45. The molecule has 0 saturated heterocycles. The summed E-state index contributed by atoms with van der Waals surface area (Å²) in [5.74, 6) is -0.671. The van der Waals surface area contributed by atoms with Crippen LogP contribution in [0, 0.1) is 5.82 Å². The molecular weight excluding hydrogens is 463 g/mol. The van der Waals surface area contributed by atoms with Gasteiger partial charge >= 0.3 is 0 Å². The van der Waals surface area contributed by atoms with E-state index in [4.69, 9.17) is 16.3 Å². The molecule has 10 heteroatoms. The van der Waals surface area contributed by atoms with E-state index in [9.17, 15) is 19.1 Å². The fourth-order valence-corrected chi connectivity index (χ4v) is 3.66. The van der Waals surface area contributed by atoms with Gasteiger partial charge in [0.25, 0.3) is 12.3 Å². The van der Waals surface area contributed by atoms with Crippen molar-refractivity contribution >= 4 is 23.9 Å². The average molecular weight is 491 g/mol. The molecule has 0 spiro atoms. The highest BCUT2D eigenvalue weighted by molar-refractivity contribution is 6.30. The van der Waals surface area contributed by atoms with E-state index in [2.05, 4.69) is 5.32 Å². The van der Waals surface area contributed by atoms with Crippen molar-refractivity contribution < 1.29 is 23.8 Å². The number of benzene rings is 2. The predicted molar refractivity (Wildman–Crippen MR) is 126 cm³/mol. The number of nitrogens with one attached hydrogen (secondary N) is 1. The SMILES string of the molecule is CCN(C=O)C1=C(C(=O)N(C)CCCO)N(Cc2ccc(Cl)cc2)C(Oc2ccccc2F)N1. The molecule has 2 aromatic carbocycles. The van der Waals surface area contributed by atoms with Gasteiger partial charge in [-0.3, -0.25) is 14.5 Å². The molecule has 0 saturated carbocycles. The zero-order chi connectivity index (χ0) is 24.7. The average Bonchev–Trinajstić information content (AvgIpc) is 3.18. The molecule has 1 heterocycles. The Kier molecular flexibility index (Phi) is 8.72. The molecule has 34 heavy (non-hydrogen) atoms. The van der Waals surface area contributed by atoms with E-state index in [1.165, 1.54) is 21.9 Å². The largest absolute Gasteiger partial charge is 0.449 e. The summed E-state index contributed by atoms with van der Waals surface area (Å²) >= 11 is 6.02. The van der Waals surface area contributed by atoms with Crippen molar-refractivity contribution in [1.82, 2.24) is 20.0 Å². The van der Waals surface area contributed by atoms with Crippen molar-refractivity contribution in [3.63, 3.8) is 0 Å². The van der Waals surface area contributed by atoms with Gasteiger partial charge < -0.3 is 25.0 Å². The van der Waals surface area contributed by atoms with E-state index in [-0.39, 0.29) is 36.3 Å². The fourth-order valence-electron chi connectivity index (χ4n) is 3.54. The number of ether oxygens (including phenoxy) is 1. The van der Waals surface area contributed by atoms with E-state index in [0.29, 0.717) is 30.9 Å². The van der Waals surface area contributed by atoms with Crippen LogP contribution in [0.5, 0.6) is 5.75 Å². The van der Waals surface area contributed by atoms with E-state index >= 15 is 0 Å². The van der Waals surface area contributed by atoms with E-state index in [1.807, 2.05) is 12.1 Å². The van der Waals surface area contributed by atoms with Gasteiger partial charge in [-0.15, -0.1) is 0 Å². The van der Waals surface area contributed by atoms with Crippen molar-refractivity contribution in [2.24, 2.45) is 0 Å². The number of halogens is 2. The van der Waals surface area contributed by atoms with Gasteiger partial charge in [-0.25, -0.2) is 4.39 Å². The molecule has 8 nitrogen and oxygen atoms in total. The molecule has 2 aromatic rings. The predicted octanol–water partition coefficient (Wildman–Crippen LogP) is 2.74. The Morgan fingerprint density at radius 2 is 1.97 bits per heavy atom. The van der Waals surface area contributed by atoms with Gasteiger partial charge in [0.05, 0.1) is 0 Å². The first-order valence-electron chi connectivity index (χ1n) is 10.9. The highest BCUT2D eigenvalue weighted by atomic mass is 35.5.